The number of nitrogens with one attached hydrogen (secondary N) is 1. The maximum absolute atomic E-state index is 11.9. The summed E-state index contributed by atoms with van der Waals surface area (Å²) in [7, 11) is 0. The Hall–Kier alpha value is -2.95. The van der Waals surface area contributed by atoms with Gasteiger partial charge in [-0.15, -0.1) is 0 Å². The number of carbonyl (C=O) groups is 1. The molecule has 5 heteroatoms. The molecule has 5 nitrogen and oxygen atoms in total. The van der Waals surface area contributed by atoms with Gasteiger partial charge in [0, 0.05) is 12.1 Å². The Morgan fingerprint density at radius 2 is 1.68 bits per heavy atom. The van der Waals surface area contributed by atoms with E-state index in [4.69, 9.17) is 4.52 Å². The Morgan fingerprint density at radius 3 is 2.41 bits per heavy atom. The van der Waals surface area contributed by atoms with Crippen molar-refractivity contribution < 1.29 is 9.32 Å². The van der Waals surface area contributed by atoms with Crippen molar-refractivity contribution in [2.45, 2.75) is 13.0 Å². The van der Waals surface area contributed by atoms with Crippen LogP contribution in [0.25, 0.3) is 11.5 Å². The second kappa shape index (κ2) is 6.67. The minimum absolute atomic E-state index is 0.100. The fraction of sp³-hybridized carbons (Fsp3) is 0.118. The van der Waals surface area contributed by atoms with Gasteiger partial charge in [0.25, 0.3) is 5.89 Å². The molecule has 0 aliphatic heterocycles. The molecule has 0 aliphatic rings. The maximum Gasteiger partial charge on any atom is 0.257 e. The molecule has 0 spiro atoms. The molecule has 0 unspecified atom stereocenters. The summed E-state index contributed by atoms with van der Waals surface area (Å²) < 4.78 is 5.17. The molecule has 0 fully saturated rings. The van der Waals surface area contributed by atoms with Gasteiger partial charge in [0.2, 0.25) is 5.91 Å². The topological polar surface area (TPSA) is 68.0 Å². The van der Waals surface area contributed by atoms with Crippen molar-refractivity contribution >= 4 is 5.91 Å². The highest BCUT2D eigenvalue weighted by Crippen LogP contribution is 2.16. The Bertz CT molecular complexity index is 739. The van der Waals surface area contributed by atoms with Gasteiger partial charge in [-0.1, -0.05) is 53.7 Å². The molecule has 0 bridgehead atoms. The first-order valence-corrected chi connectivity index (χ1v) is 7.00. The largest absolute Gasteiger partial charge is 0.352 e. The summed E-state index contributed by atoms with van der Waals surface area (Å²) >= 11 is 0. The van der Waals surface area contributed by atoms with E-state index >= 15 is 0 Å². The van der Waals surface area contributed by atoms with Crippen LogP contribution in [0.4, 0.5) is 0 Å². The quantitative estimate of drug-likeness (QED) is 0.785. The van der Waals surface area contributed by atoms with E-state index in [0.717, 1.165) is 11.1 Å². The standard InChI is InChI=1S/C17H15N3O2/c21-16(18-12-13-7-3-1-4-8-13)11-15-19-17(22-20-15)14-9-5-2-6-10-14/h1-10H,11-12H2,(H,18,21). The molecular weight excluding hydrogens is 278 g/mol. The van der Waals surface area contributed by atoms with Crippen LogP contribution >= 0.6 is 0 Å². The van der Waals surface area contributed by atoms with E-state index in [2.05, 4.69) is 15.5 Å². The van der Waals surface area contributed by atoms with Crippen LogP contribution < -0.4 is 5.32 Å². The van der Waals surface area contributed by atoms with Crippen molar-refractivity contribution in [3.8, 4) is 11.5 Å². The fourth-order valence-corrected chi connectivity index (χ4v) is 2.03. The number of hydrogen-bond acceptors (Lipinski definition) is 4. The zero-order chi connectivity index (χ0) is 15.2. The van der Waals surface area contributed by atoms with E-state index in [-0.39, 0.29) is 12.3 Å². The molecular formula is C17H15N3O2. The number of benzene rings is 2. The van der Waals surface area contributed by atoms with Crippen LogP contribution in [-0.2, 0) is 17.8 Å². The molecule has 3 rings (SSSR count). The normalized spacial score (nSPS) is 10.4. The first-order chi connectivity index (χ1) is 10.8. The van der Waals surface area contributed by atoms with E-state index in [1.165, 1.54) is 0 Å². The van der Waals surface area contributed by atoms with Gasteiger partial charge in [-0.2, -0.15) is 4.98 Å². The van der Waals surface area contributed by atoms with Crippen LogP contribution in [0.1, 0.15) is 11.4 Å². The van der Waals surface area contributed by atoms with E-state index in [1.807, 2.05) is 60.7 Å². The van der Waals surface area contributed by atoms with Crippen LogP contribution in [0.15, 0.2) is 65.2 Å². The summed E-state index contributed by atoms with van der Waals surface area (Å²) in [5.74, 6) is 0.667. The molecule has 0 aliphatic carbocycles. The summed E-state index contributed by atoms with van der Waals surface area (Å²) in [5, 5.41) is 6.68. The average Bonchev–Trinajstić information content (AvgIpc) is 3.03. The van der Waals surface area contributed by atoms with Crippen LogP contribution in [0.3, 0.4) is 0 Å². The molecule has 0 atom stereocenters. The summed E-state index contributed by atoms with van der Waals surface area (Å²) in [6.07, 6.45) is 0.100. The Balaban J connectivity index is 1.57. The predicted molar refractivity (Wildman–Crippen MR) is 81.7 cm³/mol. The van der Waals surface area contributed by atoms with Crippen LogP contribution in [0.5, 0.6) is 0 Å². The van der Waals surface area contributed by atoms with E-state index in [1.54, 1.807) is 0 Å². The van der Waals surface area contributed by atoms with Gasteiger partial charge in [0.15, 0.2) is 5.82 Å². The summed E-state index contributed by atoms with van der Waals surface area (Å²) in [6.45, 7) is 0.489. The Labute approximate surface area is 128 Å². The third-order valence-electron chi connectivity index (χ3n) is 3.14. The molecule has 1 heterocycles. The molecule has 0 saturated carbocycles. The number of carbonyl (C=O) groups excluding carboxylic acids is 1. The summed E-state index contributed by atoms with van der Waals surface area (Å²) in [5.41, 5.74) is 1.89. The van der Waals surface area contributed by atoms with Crippen molar-refractivity contribution in [1.82, 2.24) is 15.5 Å². The molecule has 1 amide bonds. The van der Waals surface area contributed by atoms with Crippen LogP contribution in [0, 0.1) is 0 Å². The van der Waals surface area contributed by atoms with Gasteiger partial charge < -0.3 is 9.84 Å². The second-order valence-electron chi connectivity index (χ2n) is 4.82. The number of rotatable bonds is 5. The predicted octanol–water partition coefficient (Wildman–Crippen LogP) is 2.60. The number of amides is 1. The third-order valence-corrected chi connectivity index (χ3v) is 3.14. The van der Waals surface area contributed by atoms with E-state index in [0.29, 0.717) is 18.3 Å². The highest BCUT2D eigenvalue weighted by Gasteiger charge is 2.11. The smallest absolute Gasteiger partial charge is 0.257 e. The first-order valence-electron chi connectivity index (χ1n) is 7.00. The lowest BCUT2D eigenvalue weighted by Crippen LogP contribution is -2.24. The van der Waals surface area contributed by atoms with E-state index < -0.39 is 0 Å². The van der Waals surface area contributed by atoms with Crippen molar-refractivity contribution in [3.05, 3.63) is 72.1 Å². The van der Waals surface area contributed by atoms with Crippen LogP contribution in [-0.4, -0.2) is 16.0 Å². The monoisotopic (exact) mass is 293 g/mol. The maximum atomic E-state index is 11.9. The second-order valence-corrected chi connectivity index (χ2v) is 4.82. The molecule has 22 heavy (non-hydrogen) atoms. The van der Waals surface area contributed by atoms with Gasteiger partial charge in [0.1, 0.15) is 0 Å². The average molecular weight is 293 g/mol. The van der Waals surface area contributed by atoms with Gasteiger partial charge in [-0.3, -0.25) is 4.79 Å². The zero-order valence-electron chi connectivity index (χ0n) is 11.9. The minimum Gasteiger partial charge on any atom is -0.352 e. The SMILES string of the molecule is O=C(Cc1noc(-c2ccccc2)n1)NCc1ccccc1. The first kappa shape index (κ1) is 14.0. The van der Waals surface area contributed by atoms with Gasteiger partial charge in [0.05, 0.1) is 6.42 Å². The van der Waals surface area contributed by atoms with Crippen molar-refractivity contribution in [1.29, 1.82) is 0 Å². The minimum atomic E-state index is -0.135. The van der Waals surface area contributed by atoms with E-state index in [9.17, 15) is 4.79 Å². The number of nitrogens with zero attached hydrogens (tertiary/aromatic N) is 2. The molecule has 2 aromatic carbocycles. The fourth-order valence-electron chi connectivity index (χ4n) is 2.03. The van der Waals surface area contributed by atoms with Crippen molar-refractivity contribution in [2.75, 3.05) is 0 Å². The molecule has 110 valence electrons. The molecule has 0 radical (unpaired) electrons. The lowest BCUT2D eigenvalue weighted by molar-refractivity contribution is -0.120. The zero-order valence-corrected chi connectivity index (χ0v) is 11.9. The molecule has 3 aromatic rings. The molecule has 1 aromatic heterocycles. The van der Waals surface area contributed by atoms with Gasteiger partial charge in [-0.25, -0.2) is 0 Å². The van der Waals surface area contributed by atoms with Crippen molar-refractivity contribution in [2.24, 2.45) is 0 Å². The van der Waals surface area contributed by atoms with Gasteiger partial charge in [-0.05, 0) is 17.7 Å². The number of aromatic nitrogens is 2. The third kappa shape index (κ3) is 3.58. The number of hydrogen-bond donors (Lipinski definition) is 1. The molecule has 0 saturated heterocycles. The molecule has 1 N–H and O–H groups in total. The summed E-state index contributed by atoms with van der Waals surface area (Å²) in [4.78, 5) is 16.1. The Morgan fingerprint density at radius 1 is 1.00 bits per heavy atom. The van der Waals surface area contributed by atoms with Crippen molar-refractivity contribution in [3.63, 3.8) is 0 Å². The highest BCUT2D eigenvalue weighted by molar-refractivity contribution is 5.77. The highest BCUT2D eigenvalue weighted by atomic mass is 16.5. The Kier molecular flexibility index (Phi) is 4.25. The van der Waals surface area contributed by atoms with Gasteiger partial charge >= 0.3 is 0 Å². The van der Waals surface area contributed by atoms with Crippen LogP contribution in [0.2, 0.25) is 0 Å². The summed E-state index contributed by atoms with van der Waals surface area (Å²) in [6, 6.07) is 19.2. The lowest BCUT2D eigenvalue weighted by Gasteiger charge is -2.03. The lowest BCUT2D eigenvalue weighted by atomic mass is 10.2.